The van der Waals surface area contributed by atoms with Crippen LogP contribution in [0.5, 0.6) is 5.75 Å². The highest BCUT2D eigenvalue weighted by molar-refractivity contribution is 7.07. The number of carbonyl (C=O) groups is 1. The number of amides is 1. The number of aromatic nitrogens is 1. The van der Waals surface area contributed by atoms with Gasteiger partial charge in [0.25, 0.3) is 5.91 Å². The normalized spacial score (nSPS) is 14.9. The number of thiazole rings is 1. The highest BCUT2D eigenvalue weighted by Crippen LogP contribution is 2.34. The zero-order valence-electron chi connectivity index (χ0n) is 22.2. The number of ether oxygens (including phenoxy) is 1. The van der Waals surface area contributed by atoms with Gasteiger partial charge in [-0.1, -0.05) is 41.9 Å². The monoisotopic (exact) mass is 579 g/mol. The fourth-order valence-electron chi connectivity index (χ4n) is 5.01. The van der Waals surface area contributed by atoms with Crippen LogP contribution < -0.4 is 4.74 Å². The molecule has 1 aliphatic heterocycles. The number of piperidine rings is 1. The maximum absolute atomic E-state index is 13.5. The van der Waals surface area contributed by atoms with E-state index in [2.05, 4.69) is 9.88 Å². The van der Waals surface area contributed by atoms with Crippen LogP contribution in [0.15, 0.2) is 77.6 Å². The van der Waals surface area contributed by atoms with Crippen LogP contribution in [0.1, 0.15) is 29.7 Å². The van der Waals surface area contributed by atoms with E-state index in [4.69, 9.17) is 16.3 Å². The minimum absolute atomic E-state index is 0.0991. The summed E-state index contributed by atoms with van der Waals surface area (Å²) in [7, 11) is 2.01. The van der Waals surface area contributed by atoms with E-state index in [0.717, 1.165) is 27.9 Å². The molecule has 1 fully saturated rings. The average Bonchev–Trinajstić information content (AvgIpc) is 3.46. The number of carbonyl (C=O) groups excluding carboxylic acids is 1. The molecular formula is C31H31ClFN3O3S. The Morgan fingerprint density at radius 1 is 1.07 bits per heavy atom. The molecule has 0 atom stereocenters. The third-order valence-electron chi connectivity index (χ3n) is 7.27. The number of halogens is 2. The number of hydrogen-bond donors (Lipinski definition) is 1. The van der Waals surface area contributed by atoms with Crippen LogP contribution in [0, 0.1) is 5.82 Å². The van der Waals surface area contributed by atoms with Gasteiger partial charge < -0.3 is 14.7 Å². The Hall–Kier alpha value is -3.30. The average molecular weight is 580 g/mol. The van der Waals surface area contributed by atoms with Crippen molar-refractivity contribution in [1.82, 2.24) is 14.8 Å². The quantitative estimate of drug-likeness (QED) is 0.259. The number of nitrogens with zero attached hydrogens (tertiary/aromatic N) is 3. The molecule has 9 heteroatoms. The van der Waals surface area contributed by atoms with Gasteiger partial charge in [0.2, 0.25) is 0 Å². The Morgan fingerprint density at radius 3 is 2.45 bits per heavy atom. The van der Waals surface area contributed by atoms with Crippen molar-refractivity contribution < 1.29 is 19.0 Å². The molecule has 208 valence electrons. The molecule has 4 aromatic rings. The lowest BCUT2D eigenvalue weighted by molar-refractivity contribution is -0.137. The van der Waals surface area contributed by atoms with E-state index >= 15 is 0 Å². The van der Waals surface area contributed by atoms with Crippen LogP contribution in [-0.4, -0.2) is 52.5 Å². The van der Waals surface area contributed by atoms with Crippen LogP contribution in [0.4, 0.5) is 4.39 Å². The molecule has 1 aliphatic rings. The maximum Gasteiger partial charge on any atom is 0.260 e. The third kappa shape index (κ3) is 6.88. The first kappa shape index (κ1) is 28.2. The number of hydrogen-bond acceptors (Lipinski definition) is 6. The summed E-state index contributed by atoms with van der Waals surface area (Å²) < 4.78 is 19.6. The SMILES string of the molecule is CN(Cc1cscn1)Cc1cc(-c2ccc(F)cc2)ccc1OCC(=O)N1CCC(O)(c2ccc(Cl)cc2)CC1. The van der Waals surface area contributed by atoms with Crippen LogP contribution in [0.3, 0.4) is 0 Å². The highest BCUT2D eigenvalue weighted by atomic mass is 35.5. The Morgan fingerprint density at radius 2 is 1.77 bits per heavy atom. The standard InChI is InChI=1S/C31H31ClFN3O3S/c1-35(18-28-20-40-21-34-28)17-24-16-23(22-2-9-27(33)10-3-22)4-11-29(24)39-19-30(37)36-14-12-31(38,13-15-36)25-5-7-26(32)8-6-25/h2-11,16,20-21,38H,12-15,17-19H2,1H3. The minimum Gasteiger partial charge on any atom is -0.483 e. The summed E-state index contributed by atoms with van der Waals surface area (Å²) in [6.45, 7) is 2.03. The summed E-state index contributed by atoms with van der Waals surface area (Å²) in [5, 5.41) is 13.8. The van der Waals surface area contributed by atoms with Crippen molar-refractivity contribution in [2.45, 2.75) is 31.5 Å². The second-order valence-corrected chi connectivity index (χ2v) is 11.3. The van der Waals surface area contributed by atoms with Crippen molar-refractivity contribution in [3.05, 3.63) is 105 Å². The lowest BCUT2D eigenvalue weighted by atomic mass is 9.84. The Bertz CT molecular complexity index is 1420. The van der Waals surface area contributed by atoms with Gasteiger partial charge in [0.15, 0.2) is 6.61 Å². The molecule has 0 spiro atoms. The molecule has 0 aliphatic carbocycles. The highest BCUT2D eigenvalue weighted by Gasteiger charge is 2.35. The first-order chi connectivity index (χ1) is 19.3. The number of likely N-dealkylation sites (tertiary alicyclic amines) is 1. The molecule has 0 bridgehead atoms. The summed E-state index contributed by atoms with van der Waals surface area (Å²) in [6.07, 6.45) is 0.888. The molecule has 1 aromatic heterocycles. The van der Waals surface area contributed by atoms with E-state index in [1.807, 2.05) is 48.3 Å². The smallest absolute Gasteiger partial charge is 0.260 e. The van der Waals surface area contributed by atoms with Crippen LogP contribution in [0.25, 0.3) is 11.1 Å². The summed E-state index contributed by atoms with van der Waals surface area (Å²) in [4.78, 5) is 21.3. The van der Waals surface area contributed by atoms with Crippen molar-refractivity contribution in [2.75, 3.05) is 26.7 Å². The summed E-state index contributed by atoms with van der Waals surface area (Å²) >= 11 is 7.55. The summed E-state index contributed by atoms with van der Waals surface area (Å²) in [5.41, 5.74) is 5.39. The second kappa shape index (κ2) is 12.5. The molecule has 2 heterocycles. The van der Waals surface area contributed by atoms with Gasteiger partial charge in [0, 0.05) is 42.1 Å². The second-order valence-electron chi connectivity index (χ2n) is 10.2. The van der Waals surface area contributed by atoms with Gasteiger partial charge >= 0.3 is 0 Å². The van der Waals surface area contributed by atoms with E-state index in [0.29, 0.717) is 49.8 Å². The largest absolute Gasteiger partial charge is 0.483 e. The molecule has 40 heavy (non-hydrogen) atoms. The lowest BCUT2D eigenvalue weighted by Gasteiger charge is -2.38. The van der Waals surface area contributed by atoms with E-state index in [1.54, 1.807) is 40.5 Å². The molecular weight excluding hydrogens is 549 g/mol. The molecule has 0 radical (unpaired) electrons. The first-order valence-electron chi connectivity index (χ1n) is 13.1. The van der Waals surface area contributed by atoms with Gasteiger partial charge in [-0.15, -0.1) is 11.3 Å². The molecule has 3 aromatic carbocycles. The van der Waals surface area contributed by atoms with Crippen molar-refractivity contribution in [3.8, 4) is 16.9 Å². The fourth-order valence-corrected chi connectivity index (χ4v) is 5.69. The number of rotatable bonds is 9. The van der Waals surface area contributed by atoms with Crippen molar-refractivity contribution >= 4 is 28.8 Å². The molecule has 6 nitrogen and oxygen atoms in total. The molecule has 5 rings (SSSR count). The van der Waals surface area contributed by atoms with E-state index in [9.17, 15) is 14.3 Å². The van der Waals surface area contributed by atoms with Crippen LogP contribution >= 0.6 is 22.9 Å². The molecule has 0 unspecified atom stereocenters. The molecule has 1 N–H and O–H groups in total. The van der Waals surface area contributed by atoms with Crippen LogP contribution in [0.2, 0.25) is 5.02 Å². The Labute approximate surface area is 242 Å². The van der Waals surface area contributed by atoms with E-state index in [-0.39, 0.29) is 18.3 Å². The van der Waals surface area contributed by atoms with Gasteiger partial charge in [0.1, 0.15) is 11.6 Å². The number of benzene rings is 3. The minimum atomic E-state index is -0.979. The van der Waals surface area contributed by atoms with Gasteiger partial charge in [-0.3, -0.25) is 9.69 Å². The zero-order valence-corrected chi connectivity index (χ0v) is 23.8. The van der Waals surface area contributed by atoms with E-state index in [1.165, 1.54) is 12.1 Å². The third-order valence-corrected chi connectivity index (χ3v) is 8.16. The van der Waals surface area contributed by atoms with Gasteiger partial charge in [-0.2, -0.15) is 0 Å². The Kier molecular flexibility index (Phi) is 8.81. The molecule has 1 saturated heterocycles. The predicted molar refractivity (Wildman–Crippen MR) is 156 cm³/mol. The first-order valence-corrected chi connectivity index (χ1v) is 14.4. The van der Waals surface area contributed by atoms with Crippen molar-refractivity contribution in [2.24, 2.45) is 0 Å². The number of aliphatic hydroxyl groups is 1. The van der Waals surface area contributed by atoms with Crippen LogP contribution in [-0.2, 0) is 23.5 Å². The van der Waals surface area contributed by atoms with Gasteiger partial charge in [-0.25, -0.2) is 9.37 Å². The topological polar surface area (TPSA) is 65.9 Å². The zero-order chi connectivity index (χ0) is 28.1. The Balaban J connectivity index is 1.26. The summed E-state index contributed by atoms with van der Waals surface area (Å²) in [5.74, 6) is 0.219. The van der Waals surface area contributed by atoms with Gasteiger partial charge in [-0.05, 0) is 73.0 Å². The lowest BCUT2D eigenvalue weighted by Crippen LogP contribution is -2.46. The molecule has 1 amide bonds. The fraction of sp³-hybridized carbons (Fsp3) is 0.290. The van der Waals surface area contributed by atoms with Gasteiger partial charge in [0.05, 0.1) is 16.8 Å². The summed E-state index contributed by atoms with van der Waals surface area (Å²) in [6, 6.07) is 19.4. The molecule has 0 saturated carbocycles. The predicted octanol–water partition coefficient (Wildman–Crippen LogP) is 6.12. The maximum atomic E-state index is 13.5. The van der Waals surface area contributed by atoms with Crippen molar-refractivity contribution in [1.29, 1.82) is 0 Å². The van der Waals surface area contributed by atoms with Crippen molar-refractivity contribution in [3.63, 3.8) is 0 Å². The van der Waals surface area contributed by atoms with E-state index < -0.39 is 5.60 Å².